The molecular formula is C23H23ClFN5O. The van der Waals surface area contributed by atoms with E-state index in [0.29, 0.717) is 23.9 Å². The SMILES string of the molecule is C[C@@H]1CCCN(C(=O)c2cccc(F)c2-c2ncccn2)C1CNc1ccc(Cl)cn1. The van der Waals surface area contributed by atoms with Gasteiger partial charge in [-0.1, -0.05) is 24.6 Å². The lowest BCUT2D eigenvalue weighted by Gasteiger charge is -2.40. The van der Waals surface area contributed by atoms with Crippen molar-refractivity contribution in [3.8, 4) is 11.4 Å². The lowest BCUT2D eigenvalue weighted by molar-refractivity contribution is 0.0540. The van der Waals surface area contributed by atoms with E-state index in [1.807, 2.05) is 4.90 Å². The molecule has 6 nitrogen and oxygen atoms in total. The van der Waals surface area contributed by atoms with E-state index in [0.717, 1.165) is 12.8 Å². The van der Waals surface area contributed by atoms with E-state index >= 15 is 0 Å². The number of aromatic nitrogens is 3. The predicted molar refractivity (Wildman–Crippen MR) is 118 cm³/mol. The molecule has 3 aromatic rings. The standard InChI is InChI=1S/C23H23ClFN5O/c1-15-5-3-12-30(19(15)14-29-20-9-8-16(24)13-28-20)23(31)17-6-2-7-18(25)21(17)22-26-10-4-11-27-22/h2,4,6-11,13,15,19H,3,5,12,14H2,1H3,(H,28,29)/t15-,19?/m1/s1. The Kier molecular flexibility index (Phi) is 6.42. The molecule has 0 bridgehead atoms. The molecule has 8 heteroatoms. The third kappa shape index (κ3) is 4.66. The van der Waals surface area contributed by atoms with Gasteiger partial charge in [-0.25, -0.2) is 19.3 Å². The summed E-state index contributed by atoms with van der Waals surface area (Å²) in [6, 6.07) is 9.68. The van der Waals surface area contributed by atoms with Gasteiger partial charge in [-0.3, -0.25) is 4.79 Å². The summed E-state index contributed by atoms with van der Waals surface area (Å²) in [6.45, 7) is 3.27. The van der Waals surface area contributed by atoms with E-state index < -0.39 is 5.82 Å². The second-order valence-corrected chi connectivity index (χ2v) is 8.10. The molecule has 3 heterocycles. The smallest absolute Gasteiger partial charge is 0.255 e. The third-order valence-corrected chi connectivity index (χ3v) is 5.85. The lowest BCUT2D eigenvalue weighted by atomic mass is 9.89. The number of halogens is 2. The first-order chi connectivity index (χ1) is 15.0. The molecule has 31 heavy (non-hydrogen) atoms. The van der Waals surface area contributed by atoms with Gasteiger partial charge in [-0.2, -0.15) is 0 Å². The van der Waals surface area contributed by atoms with Gasteiger partial charge in [0.25, 0.3) is 5.91 Å². The van der Waals surface area contributed by atoms with E-state index in [1.165, 1.54) is 18.5 Å². The van der Waals surface area contributed by atoms with Crippen LogP contribution in [0.2, 0.25) is 5.02 Å². The highest BCUT2D eigenvalue weighted by Gasteiger charge is 2.34. The highest BCUT2D eigenvalue weighted by molar-refractivity contribution is 6.30. The molecule has 2 aromatic heterocycles. The number of nitrogens with zero attached hydrogens (tertiary/aromatic N) is 4. The average Bonchev–Trinajstić information content (AvgIpc) is 2.79. The van der Waals surface area contributed by atoms with E-state index in [-0.39, 0.29) is 34.8 Å². The molecule has 1 saturated heterocycles. The van der Waals surface area contributed by atoms with Crippen LogP contribution in [0.3, 0.4) is 0 Å². The largest absolute Gasteiger partial charge is 0.368 e. The number of benzene rings is 1. The van der Waals surface area contributed by atoms with Crippen molar-refractivity contribution < 1.29 is 9.18 Å². The number of carbonyl (C=O) groups excluding carboxylic acids is 1. The van der Waals surface area contributed by atoms with Crippen molar-refractivity contribution in [1.29, 1.82) is 0 Å². The zero-order valence-electron chi connectivity index (χ0n) is 17.1. The maximum atomic E-state index is 14.8. The van der Waals surface area contributed by atoms with Gasteiger partial charge in [-0.05, 0) is 49.1 Å². The monoisotopic (exact) mass is 439 g/mol. The van der Waals surface area contributed by atoms with E-state index in [1.54, 1.807) is 36.5 Å². The summed E-state index contributed by atoms with van der Waals surface area (Å²) in [5.41, 5.74) is 0.410. The van der Waals surface area contributed by atoms with Crippen LogP contribution in [0.4, 0.5) is 10.2 Å². The van der Waals surface area contributed by atoms with E-state index in [9.17, 15) is 9.18 Å². The average molecular weight is 440 g/mol. The molecule has 1 unspecified atom stereocenters. The Labute approximate surface area is 185 Å². The summed E-state index contributed by atoms with van der Waals surface area (Å²) in [5, 5.41) is 3.87. The zero-order valence-corrected chi connectivity index (χ0v) is 17.9. The first-order valence-corrected chi connectivity index (χ1v) is 10.6. The van der Waals surface area contributed by atoms with Gasteiger partial charge in [0.1, 0.15) is 11.6 Å². The Balaban J connectivity index is 1.62. The number of anilines is 1. The minimum atomic E-state index is -0.512. The number of rotatable bonds is 5. The van der Waals surface area contributed by atoms with E-state index in [2.05, 4.69) is 27.2 Å². The van der Waals surface area contributed by atoms with Crippen molar-refractivity contribution in [3.05, 3.63) is 71.4 Å². The molecule has 1 amide bonds. The van der Waals surface area contributed by atoms with Crippen LogP contribution >= 0.6 is 11.6 Å². The maximum Gasteiger partial charge on any atom is 0.255 e. The van der Waals surface area contributed by atoms with Crippen LogP contribution in [-0.2, 0) is 0 Å². The van der Waals surface area contributed by atoms with Gasteiger partial charge in [0.05, 0.1) is 22.2 Å². The Bertz CT molecular complexity index is 1050. The number of carbonyl (C=O) groups is 1. The second kappa shape index (κ2) is 9.39. The second-order valence-electron chi connectivity index (χ2n) is 7.66. The number of piperidine rings is 1. The molecule has 1 aliphatic rings. The molecule has 0 spiro atoms. The van der Waals surface area contributed by atoms with Gasteiger partial charge < -0.3 is 10.2 Å². The van der Waals surface area contributed by atoms with Crippen LogP contribution in [0.25, 0.3) is 11.4 Å². The van der Waals surface area contributed by atoms with Crippen molar-refractivity contribution in [3.63, 3.8) is 0 Å². The van der Waals surface area contributed by atoms with Crippen molar-refractivity contribution in [2.45, 2.75) is 25.8 Å². The Morgan fingerprint density at radius 2 is 2.00 bits per heavy atom. The molecule has 4 rings (SSSR count). The quantitative estimate of drug-likeness (QED) is 0.624. The topological polar surface area (TPSA) is 71.0 Å². The molecule has 0 radical (unpaired) electrons. The molecule has 2 atom stereocenters. The minimum Gasteiger partial charge on any atom is -0.368 e. The molecule has 1 aliphatic heterocycles. The summed E-state index contributed by atoms with van der Waals surface area (Å²) >= 11 is 5.91. The molecule has 1 N–H and O–H groups in total. The van der Waals surface area contributed by atoms with Crippen LogP contribution in [0.1, 0.15) is 30.1 Å². The molecule has 0 saturated carbocycles. The summed E-state index contributed by atoms with van der Waals surface area (Å²) < 4.78 is 14.8. The first kappa shape index (κ1) is 21.2. The van der Waals surface area contributed by atoms with Crippen molar-refractivity contribution in [2.24, 2.45) is 5.92 Å². The van der Waals surface area contributed by atoms with Crippen LogP contribution in [0.15, 0.2) is 55.0 Å². The highest BCUT2D eigenvalue weighted by atomic mass is 35.5. The summed E-state index contributed by atoms with van der Waals surface area (Å²) in [4.78, 5) is 28.0. The summed E-state index contributed by atoms with van der Waals surface area (Å²) in [7, 11) is 0. The van der Waals surface area contributed by atoms with Crippen molar-refractivity contribution >= 4 is 23.3 Å². The van der Waals surface area contributed by atoms with Crippen LogP contribution in [-0.4, -0.2) is 44.9 Å². The van der Waals surface area contributed by atoms with Gasteiger partial charge in [0.2, 0.25) is 0 Å². The molecule has 0 aliphatic carbocycles. The minimum absolute atomic E-state index is 0.0634. The predicted octanol–water partition coefficient (Wildman–Crippen LogP) is 4.68. The van der Waals surface area contributed by atoms with Crippen molar-refractivity contribution in [2.75, 3.05) is 18.4 Å². The Morgan fingerprint density at radius 3 is 2.74 bits per heavy atom. The van der Waals surface area contributed by atoms with Crippen LogP contribution < -0.4 is 5.32 Å². The summed E-state index contributed by atoms with van der Waals surface area (Å²) in [6.07, 6.45) is 6.57. The number of pyridine rings is 1. The number of hydrogen-bond acceptors (Lipinski definition) is 5. The van der Waals surface area contributed by atoms with Crippen LogP contribution in [0, 0.1) is 11.7 Å². The number of amides is 1. The molecule has 1 fully saturated rings. The Morgan fingerprint density at radius 1 is 1.19 bits per heavy atom. The molecular weight excluding hydrogens is 417 g/mol. The van der Waals surface area contributed by atoms with Gasteiger partial charge >= 0.3 is 0 Å². The molecule has 160 valence electrons. The fourth-order valence-corrected chi connectivity index (χ4v) is 4.13. The maximum absolute atomic E-state index is 14.8. The normalized spacial score (nSPS) is 18.6. The van der Waals surface area contributed by atoms with Gasteiger partial charge in [0.15, 0.2) is 5.82 Å². The fraction of sp³-hybridized carbons (Fsp3) is 0.304. The zero-order chi connectivity index (χ0) is 21.8. The third-order valence-electron chi connectivity index (χ3n) is 5.63. The fourth-order valence-electron chi connectivity index (χ4n) is 4.01. The first-order valence-electron chi connectivity index (χ1n) is 10.3. The van der Waals surface area contributed by atoms with E-state index in [4.69, 9.17) is 11.6 Å². The number of hydrogen-bond donors (Lipinski definition) is 1. The van der Waals surface area contributed by atoms with Gasteiger partial charge in [-0.15, -0.1) is 0 Å². The highest BCUT2D eigenvalue weighted by Crippen LogP contribution is 2.29. The Hall–Kier alpha value is -3.06. The number of nitrogens with one attached hydrogen (secondary N) is 1. The van der Waals surface area contributed by atoms with Gasteiger partial charge in [0, 0.05) is 31.7 Å². The lowest BCUT2D eigenvalue weighted by Crippen LogP contribution is -2.51. The molecule has 1 aromatic carbocycles. The van der Waals surface area contributed by atoms with Crippen molar-refractivity contribution in [1.82, 2.24) is 19.9 Å². The summed E-state index contributed by atoms with van der Waals surface area (Å²) in [5.74, 6) is 0.446. The van der Waals surface area contributed by atoms with Crippen LogP contribution in [0.5, 0.6) is 0 Å². The number of likely N-dealkylation sites (tertiary alicyclic amines) is 1.